The molecule has 0 saturated carbocycles. The van der Waals surface area contributed by atoms with E-state index in [1.807, 2.05) is 25.1 Å². The van der Waals surface area contributed by atoms with E-state index in [4.69, 9.17) is 5.73 Å². The van der Waals surface area contributed by atoms with E-state index in [9.17, 15) is 4.39 Å². The van der Waals surface area contributed by atoms with E-state index in [-0.39, 0.29) is 11.7 Å². The Labute approximate surface area is 121 Å². The highest BCUT2D eigenvalue weighted by atomic mass is 79.9. The molecule has 0 aliphatic rings. The fraction of sp³-hybridized carbons (Fsp3) is 0.250. The first-order chi connectivity index (χ1) is 9.10. The van der Waals surface area contributed by atoms with Gasteiger partial charge in [-0.05, 0) is 60.8 Å². The second-order valence-electron chi connectivity index (χ2n) is 4.76. The standard InChI is InChI=1S/C16H17BrFN/c1-11-8-16(18)7-4-13(11)9-14(10-19)12-2-5-15(17)6-3-12/h2-8,14H,9-10,19H2,1H3. The third-order valence-electron chi connectivity index (χ3n) is 3.40. The van der Waals surface area contributed by atoms with Gasteiger partial charge in [0.15, 0.2) is 0 Å². The van der Waals surface area contributed by atoms with Crippen molar-refractivity contribution >= 4 is 15.9 Å². The molecule has 2 N–H and O–H groups in total. The van der Waals surface area contributed by atoms with Gasteiger partial charge < -0.3 is 5.73 Å². The summed E-state index contributed by atoms with van der Waals surface area (Å²) in [6.45, 7) is 2.52. The van der Waals surface area contributed by atoms with Crippen molar-refractivity contribution in [3.8, 4) is 0 Å². The van der Waals surface area contributed by atoms with E-state index < -0.39 is 0 Å². The molecule has 1 nitrogen and oxygen atoms in total. The molecule has 0 spiro atoms. The minimum Gasteiger partial charge on any atom is -0.330 e. The molecule has 0 fully saturated rings. The minimum atomic E-state index is -0.186. The molecule has 19 heavy (non-hydrogen) atoms. The van der Waals surface area contributed by atoms with Crippen molar-refractivity contribution in [1.82, 2.24) is 0 Å². The lowest BCUT2D eigenvalue weighted by atomic mass is 9.90. The topological polar surface area (TPSA) is 26.0 Å². The number of halogens is 2. The third kappa shape index (κ3) is 3.64. The lowest BCUT2D eigenvalue weighted by molar-refractivity contribution is 0.623. The summed E-state index contributed by atoms with van der Waals surface area (Å²) in [6, 6.07) is 13.2. The Morgan fingerprint density at radius 2 is 1.84 bits per heavy atom. The van der Waals surface area contributed by atoms with Gasteiger partial charge in [0.2, 0.25) is 0 Å². The van der Waals surface area contributed by atoms with Crippen LogP contribution in [0.1, 0.15) is 22.6 Å². The van der Waals surface area contributed by atoms with Crippen LogP contribution >= 0.6 is 15.9 Å². The van der Waals surface area contributed by atoms with Crippen molar-refractivity contribution in [2.45, 2.75) is 19.3 Å². The molecule has 100 valence electrons. The van der Waals surface area contributed by atoms with Crippen LogP contribution < -0.4 is 5.73 Å². The van der Waals surface area contributed by atoms with Crippen molar-refractivity contribution < 1.29 is 4.39 Å². The zero-order valence-corrected chi connectivity index (χ0v) is 12.5. The summed E-state index contributed by atoms with van der Waals surface area (Å²) in [6.07, 6.45) is 0.838. The number of nitrogens with two attached hydrogens (primary N) is 1. The van der Waals surface area contributed by atoms with Crippen LogP contribution in [0.3, 0.4) is 0 Å². The Bertz CT molecular complexity index is 551. The van der Waals surface area contributed by atoms with Gasteiger partial charge in [0, 0.05) is 10.4 Å². The molecule has 0 aromatic heterocycles. The zero-order chi connectivity index (χ0) is 13.8. The molecule has 0 heterocycles. The molecular formula is C16H17BrFN. The molecule has 0 amide bonds. The number of rotatable bonds is 4. The first-order valence-corrected chi connectivity index (χ1v) is 7.10. The average Bonchev–Trinajstić information content (AvgIpc) is 2.39. The summed E-state index contributed by atoms with van der Waals surface area (Å²) in [7, 11) is 0. The summed E-state index contributed by atoms with van der Waals surface area (Å²) in [5.41, 5.74) is 9.24. The van der Waals surface area contributed by atoms with Gasteiger partial charge in [-0.25, -0.2) is 4.39 Å². The van der Waals surface area contributed by atoms with Gasteiger partial charge in [-0.15, -0.1) is 0 Å². The van der Waals surface area contributed by atoms with E-state index in [1.165, 1.54) is 11.6 Å². The second kappa shape index (κ2) is 6.31. The first-order valence-electron chi connectivity index (χ1n) is 6.30. The quantitative estimate of drug-likeness (QED) is 0.898. The monoisotopic (exact) mass is 321 g/mol. The predicted octanol–water partition coefficient (Wildman–Crippen LogP) is 4.18. The van der Waals surface area contributed by atoms with E-state index in [0.29, 0.717) is 6.54 Å². The van der Waals surface area contributed by atoms with Gasteiger partial charge in [-0.1, -0.05) is 34.1 Å². The first kappa shape index (κ1) is 14.2. The molecule has 2 rings (SSSR count). The summed E-state index contributed by atoms with van der Waals surface area (Å²) in [5.74, 6) is 0.0754. The Morgan fingerprint density at radius 3 is 2.42 bits per heavy atom. The van der Waals surface area contributed by atoms with E-state index >= 15 is 0 Å². The molecule has 1 atom stereocenters. The highest BCUT2D eigenvalue weighted by molar-refractivity contribution is 9.10. The van der Waals surface area contributed by atoms with Crippen LogP contribution in [0.5, 0.6) is 0 Å². The number of hydrogen-bond donors (Lipinski definition) is 1. The fourth-order valence-corrected chi connectivity index (χ4v) is 2.49. The molecule has 2 aromatic rings. The summed E-state index contributed by atoms with van der Waals surface area (Å²) in [5, 5.41) is 0. The molecule has 0 aliphatic carbocycles. The molecule has 3 heteroatoms. The largest absolute Gasteiger partial charge is 0.330 e. The fourth-order valence-electron chi connectivity index (χ4n) is 2.23. The van der Waals surface area contributed by atoms with Gasteiger partial charge in [0.05, 0.1) is 0 Å². The number of benzene rings is 2. The highest BCUT2D eigenvalue weighted by Crippen LogP contribution is 2.23. The minimum absolute atomic E-state index is 0.186. The Balaban J connectivity index is 2.21. The highest BCUT2D eigenvalue weighted by Gasteiger charge is 2.12. The molecule has 1 unspecified atom stereocenters. The van der Waals surface area contributed by atoms with E-state index in [1.54, 1.807) is 6.07 Å². The molecular weight excluding hydrogens is 305 g/mol. The zero-order valence-electron chi connectivity index (χ0n) is 10.9. The van der Waals surface area contributed by atoms with Crippen molar-refractivity contribution in [2.75, 3.05) is 6.54 Å². The molecule has 0 saturated heterocycles. The molecule has 0 bridgehead atoms. The van der Waals surface area contributed by atoms with E-state index in [0.717, 1.165) is 22.0 Å². The van der Waals surface area contributed by atoms with Gasteiger partial charge in [0.25, 0.3) is 0 Å². The van der Waals surface area contributed by atoms with Crippen LogP contribution in [0.15, 0.2) is 46.9 Å². The maximum atomic E-state index is 13.1. The Kier molecular flexibility index (Phi) is 4.72. The van der Waals surface area contributed by atoms with Crippen LogP contribution in [0, 0.1) is 12.7 Å². The van der Waals surface area contributed by atoms with Crippen LogP contribution in [0.4, 0.5) is 4.39 Å². The molecule has 2 aromatic carbocycles. The summed E-state index contributed by atoms with van der Waals surface area (Å²) >= 11 is 3.43. The lowest BCUT2D eigenvalue weighted by Gasteiger charge is -2.17. The van der Waals surface area contributed by atoms with Gasteiger partial charge in [-0.3, -0.25) is 0 Å². The van der Waals surface area contributed by atoms with Crippen LogP contribution in [-0.4, -0.2) is 6.54 Å². The van der Waals surface area contributed by atoms with Gasteiger partial charge in [-0.2, -0.15) is 0 Å². The van der Waals surface area contributed by atoms with Crippen LogP contribution in [0.25, 0.3) is 0 Å². The maximum absolute atomic E-state index is 13.1. The second-order valence-corrected chi connectivity index (χ2v) is 5.67. The molecule has 0 aliphatic heterocycles. The Morgan fingerprint density at radius 1 is 1.16 bits per heavy atom. The number of hydrogen-bond acceptors (Lipinski definition) is 1. The van der Waals surface area contributed by atoms with Gasteiger partial charge >= 0.3 is 0 Å². The van der Waals surface area contributed by atoms with E-state index in [2.05, 4.69) is 28.1 Å². The maximum Gasteiger partial charge on any atom is 0.123 e. The third-order valence-corrected chi connectivity index (χ3v) is 3.93. The van der Waals surface area contributed by atoms with Crippen molar-refractivity contribution in [3.05, 3.63) is 69.4 Å². The lowest BCUT2D eigenvalue weighted by Crippen LogP contribution is -2.15. The van der Waals surface area contributed by atoms with Crippen molar-refractivity contribution in [1.29, 1.82) is 0 Å². The average molecular weight is 322 g/mol. The predicted molar refractivity (Wildman–Crippen MR) is 80.8 cm³/mol. The SMILES string of the molecule is Cc1cc(F)ccc1CC(CN)c1ccc(Br)cc1. The number of aryl methyl sites for hydroxylation is 1. The normalized spacial score (nSPS) is 12.4. The molecule has 0 radical (unpaired) electrons. The Hall–Kier alpha value is -1.19. The van der Waals surface area contributed by atoms with Crippen molar-refractivity contribution in [2.24, 2.45) is 5.73 Å². The summed E-state index contributed by atoms with van der Waals surface area (Å²) < 4.78 is 14.2. The van der Waals surface area contributed by atoms with Gasteiger partial charge in [0.1, 0.15) is 5.82 Å². The summed E-state index contributed by atoms with van der Waals surface area (Å²) in [4.78, 5) is 0. The van der Waals surface area contributed by atoms with Crippen molar-refractivity contribution in [3.63, 3.8) is 0 Å². The van der Waals surface area contributed by atoms with Crippen LogP contribution in [0.2, 0.25) is 0 Å². The smallest absolute Gasteiger partial charge is 0.123 e. The van der Waals surface area contributed by atoms with Crippen LogP contribution in [-0.2, 0) is 6.42 Å².